The quantitative estimate of drug-likeness (QED) is 0.251. The Morgan fingerprint density at radius 1 is 1.08 bits per heavy atom. The van der Waals surface area contributed by atoms with E-state index >= 15 is 0 Å². The molecule has 0 fully saturated rings. The fraction of sp³-hybridized carbons (Fsp3) is 0.133. The number of rotatable bonds is 5. The molecule has 0 spiro atoms. The molecular formula is C15H9Cl5N2O4. The van der Waals surface area contributed by atoms with Crippen LogP contribution in [0, 0.1) is 17.0 Å². The smallest absolute Gasteiger partial charge is 0.269 e. The number of nitro benzene ring substituents is 1. The molecule has 1 amide bonds. The zero-order chi connectivity index (χ0) is 19.6. The standard InChI is InChI=1S/C15H9Cl5N2O4/c1-6-4-7(22(24)25)2-3-8(6)21-9(23)5-26-15-13(19)11(17)10(16)12(18)14(15)20/h2-4H,5H2,1H3,(H,21,23). The molecule has 0 aliphatic carbocycles. The van der Waals surface area contributed by atoms with Crippen LogP contribution >= 0.6 is 58.0 Å². The number of aryl methyl sites for hydroxylation is 1. The van der Waals surface area contributed by atoms with Gasteiger partial charge >= 0.3 is 0 Å². The molecule has 2 aromatic rings. The second-order valence-electron chi connectivity index (χ2n) is 4.99. The van der Waals surface area contributed by atoms with Crippen molar-refractivity contribution in [3.05, 3.63) is 59.0 Å². The average molecular weight is 459 g/mol. The normalized spacial score (nSPS) is 10.5. The molecule has 0 atom stereocenters. The summed E-state index contributed by atoms with van der Waals surface area (Å²) in [6, 6.07) is 4.03. The molecule has 2 rings (SSSR count). The van der Waals surface area contributed by atoms with E-state index in [9.17, 15) is 14.9 Å². The largest absolute Gasteiger partial charge is 0.481 e. The lowest BCUT2D eigenvalue weighted by Crippen LogP contribution is -2.21. The Bertz CT molecular complexity index is 875. The molecule has 0 unspecified atom stereocenters. The number of nitrogens with zero attached hydrogens (tertiary/aromatic N) is 1. The fourth-order valence-electron chi connectivity index (χ4n) is 1.94. The molecule has 2 aromatic carbocycles. The van der Waals surface area contributed by atoms with E-state index in [0.29, 0.717) is 11.3 Å². The highest BCUT2D eigenvalue weighted by Gasteiger charge is 2.21. The highest BCUT2D eigenvalue weighted by molar-refractivity contribution is 6.55. The Kier molecular flexibility index (Phi) is 6.82. The van der Waals surface area contributed by atoms with Crippen molar-refractivity contribution in [2.45, 2.75) is 6.92 Å². The van der Waals surface area contributed by atoms with Crippen LogP contribution in [0.15, 0.2) is 18.2 Å². The van der Waals surface area contributed by atoms with Crippen molar-refractivity contribution in [2.75, 3.05) is 11.9 Å². The van der Waals surface area contributed by atoms with Gasteiger partial charge in [-0.15, -0.1) is 0 Å². The number of nitrogens with one attached hydrogen (secondary N) is 1. The van der Waals surface area contributed by atoms with Gasteiger partial charge in [-0.3, -0.25) is 14.9 Å². The molecule has 0 saturated carbocycles. The van der Waals surface area contributed by atoms with Crippen LogP contribution in [-0.2, 0) is 4.79 Å². The number of anilines is 1. The van der Waals surface area contributed by atoms with Crippen LogP contribution in [0.2, 0.25) is 25.1 Å². The lowest BCUT2D eigenvalue weighted by atomic mass is 10.2. The van der Waals surface area contributed by atoms with Gasteiger partial charge in [-0.2, -0.15) is 0 Å². The van der Waals surface area contributed by atoms with E-state index < -0.39 is 17.4 Å². The fourth-order valence-corrected chi connectivity index (χ4v) is 3.17. The number of halogens is 5. The highest BCUT2D eigenvalue weighted by atomic mass is 35.5. The molecule has 0 aromatic heterocycles. The molecule has 1 N–H and O–H groups in total. The minimum absolute atomic E-state index is 0.0263. The lowest BCUT2D eigenvalue weighted by molar-refractivity contribution is -0.384. The van der Waals surface area contributed by atoms with Crippen molar-refractivity contribution in [3.8, 4) is 5.75 Å². The van der Waals surface area contributed by atoms with Crippen LogP contribution in [0.25, 0.3) is 0 Å². The Balaban J connectivity index is 2.12. The number of carbonyl (C=O) groups is 1. The maximum absolute atomic E-state index is 12.1. The summed E-state index contributed by atoms with van der Waals surface area (Å²) < 4.78 is 5.31. The average Bonchev–Trinajstić information content (AvgIpc) is 2.59. The topological polar surface area (TPSA) is 81.5 Å². The maximum atomic E-state index is 12.1. The zero-order valence-electron chi connectivity index (χ0n) is 12.9. The molecular weight excluding hydrogens is 449 g/mol. The molecule has 6 nitrogen and oxygen atoms in total. The van der Waals surface area contributed by atoms with E-state index in [4.69, 9.17) is 62.7 Å². The van der Waals surface area contributed by atoms with Gasteiger partial charge in [-0.25, -0.2) is 0 Å². The molecule has 26 heavy (non-hydrogen) atoms. The van der Waals surface area contributed by atoms with Crippen LogP contribution in [0.5, 0.6) is 5.75 Å². The number of nitro groups is 1. The first-order valence-electron chi connectivity index (χ1n) is 6.82. The van der Waals surface area contributed by atoms with Crippen molar-refractivity contribution in [1.82, 2.24) is 0 Å². The van der Waals surface area contributed by atoms with Crippen molar-refractivity contribution < 1.29 is 14.5 Å². The monoisotopic (exact) mass is 456 g/mol. The van der Waals surface area contributed by atoms with Crippen LogP contribution in [0.4, 0.5) is 11.4 Å². The Morgan fingerprint density at radius 2 is 1.62 bits per heavy atom. The molecule has 0 bridgehead atoms. The zero-order valence-corrected chi connectivity index (χ0v) is 16.7. The summed E-state index contributed by atoms with van der Waals surface area (Å²) >= 11 is 29.7. The molecule has 0 saturated heterocycles. The number of ether oxygens (including phenoxy) is 1. The summed E-state index contributed by atoms with van der Waals surface area (Å²) in [5, 5.41) is 13.0. The van der Waals surface area contributed by atoms with Gasteiger partial charge in [0, 0.05) is 17.8 Å². The summed E-state index contributed by atoms with van der Waals surface area (Å²) in [4.78, 5) is 22.3. The van der Waals surface area contributed by atoms with E-state index in [1.807, 2.05) is 0 Å². The van der Waals surface area contributed by atoms with Crippen molar-refractivity contribution >= 4 is 75.3 Å². The van der Waals surface area contributed by atoms with Crippen molar-refractivity contribution in [1.29, 1.82) is 0 Å². The Labute approximate surface area is 173 Å². The molecule has 0 radical (unpaired) electrons. The number of hydrogen-bond donors (Lipinski definition) is 1. The van der Waals surface area contributed by atoms with Crippen molar-refractivity contribution in [2.24, 2.45) is 0 Å². The third-order valence-corrected chi connectivity index (χ3v) is 5.45. The van der Waals surface area contributed by atoms with Gasteiger partial charge in [0.15, 0.2) is 12.4 Å². The Hall–Kier alpha value is -1.44. The minimum atomic E-state index is -0.545. The van der Waals surface area contributed by atoms with Gasteiger partial charge in [-0.05, 0) is 18.6 Å². The minimum Gasteiger partial charge on any atom is -0.481 e. The second-order valence-corrected chi connectivity index (χ2v) is 6.88. The van der Waals surface area contributed by atoms with Gasteiger partial charge in [0.1, 0.15) is 10.0 Å². The van der Waals surface area contributed by atoms with E-state index in [0.717, 1.165) is 0 Å². The number of carbonyl (C=O) groups excluding carboxylic acids is 1. The van der Waals surface area contributed by atoms with Gasteiger partial charge in [0.2, 0.25) is 0 Å². The van der Waals surface area contributed by atoms with E-state index in [2.05, 4.69) is 5.32 Å². The van der Waals surface area contributed by atoms with Crippen molar-refractivity contribution in [3.63, 3.8) is 0 Å². The highest BCUT2D eigenvalue weighted by Crippen LogP contribution is 2.48. The SMILES string of the molecule is Cc1cc([N+](=O)[O-])ccc1NC(=O)COc1c(Cl)c(Cl)c(Cl)c(Cl)c1Cl. The first-order valence-corrected chi connectivity index (χ1v) is 8.71. The van der Waals surface area contributed by atoms with Crippen LogP contribution in [0.1, 0.15) is 5.56 Å². The van der Waals surface area contributed by atoms with Crippen LogP contribution in [-0.4, -0.2) is 17.4 Å². The molecule has 0 aliphatic rings. The molecule has 11 heteroatoms. The van der Waals surface area contributed by atoms with Gasteiger partial charge in [0.25, 0.3) is 11.6 Å². The third kappa shape index (κ3) is 4.45. The summed E-state index contributed by atoms with van der Waals surface area (Å²) in [6.45, 7) is 1.17. The number of amides is 1. The first kappa shape index (κ1) is 20.9. The lowest BCUT2D eigenvalue weighted by Gasteiger charge is -2.14. The van der Waals surface area contributed by atoms with Gasteiger partial charge in [-0.1, -0.05) is 58.0 Å². The number of non-ortho nitro benzene ring substituents is 1. The third-order valence-electron chi connectivity index (χ3n) is 3.21. The summed E-state index contributed by atoms with van der Waals surface area (Å²) in [5.41, 5.74) is 0.829. The molecule has 0 aliphatic heterocycles. The summed E-state index contributed by atoms with van der Waals surface area (Å²) in [5.74, 6) is -0.625. The first-order chi connectivity index (χ1) is 12.1. The predicted molar refractivity (Wildman–Crippen MR) is 103 cm³/mol. The maximum Gasteiger partial charge on any atom is 0.269 e. The van der Waals surface area contributed by atoms with E-state index in [1.54, 1.807) is 6.92 Å². The summed E-state index contributed by atoms with van der Waals surface area (Å²) in [7, 11) is 0. The van der Waals surface area contributed by atoms with E-state index in [1.165, 1.54) is 18.2 Å². The van der Waals surface area contributed by atoms with E-state index in [-0.39, 0.29) is 36.6 Å². The molecule has 138 valence electrons. The number of hydrogen-bond acceptors (Lipinski definition) is 4. The van der Waals surface area contributed by atoms with Crippen LogP contribution in [0.3, 0.4) is 0 Å². The number of benzene rings is 2. The van der Waals surface area contributed by atoms with Crippen LogP contribution < -0.4 is 10.1 Å². The molecule has 0 heterocycles. The predicted octanol–water partition coefficient (Wildman–Crippen LogP) is 6.19. The second kappa shape index (κ2) is 8.50. The van der Waals surface area contributed by atoms with Gasteiger partial charge < -0.3 is 10.1 Å². The Morgan fingerprint density at radius 3 is 2.12 bits per heavy atom. The van der Waals surface area contributed by atoms with Gasteiger partial charge in [0.05, 0.1) is 20.0 Å². The summed E-state index contributed by atoms with van der Waals surface area (Å²) in [6.07, 6.45) is 0.